The third kappa shape index (κ3) is 4.65. The highest BCUT2D eigenvalue weighted by Crippen LogP contribution is 2.25. The van der Waals surface area contributed by atoms with E-state index in [1.807, 2.05) is 20.8 Å². The summed E-state index contributed by atoms with van der Waals surface area (Å²) in [5.74, 6) is -1.38. The molecule has 0 bridgehead atoms. The molecule has 1 heterocycles. The first-order valence-electron chi connectivity index (χ1n) is 6.11. The van der Waals surface area contributed by atoms with E-state index in [9.17, 15) is 9.59 Å². The van der Waals surface area contributed by atoms with Crippen molar-refractivity contribution in [1.29, 1.82) is 0 Å². The minimum absolute atomic E-state index is 0.0561. The largest absolute Gasteiger partial charge is 0.480 e. The lowest BCUT2D eigenvalue weighted by molar-refractivity contribution is -0.141. The summed E-state index contributed by atoms with van der Waals surface area (Å²) < 4.78 is 0. The fraction of sp³-hybridized carbons (Fsp3) is 0.538. The predicted octanol–water partition coefficient (Wildman–Crippen LogP) is 1.60. The zero-order valence-corrected chi connectivity index (χ0v) is 12.4. The quantitative estimate of drug-likeness (QED) is 0.741. The number of rotatable bonds is 6. The van der Waals surface area contributed by atoms with E-state index in [0.29, 0.717) is 0 Å². The average Bonchev–Trinajstić information content (AvgIpc) is 2.62. The summed E-state index contributed by atoms with van der Waals surface area (Å²) in [4.78, 5) is 24.4. The lowest BCUT2D eigenvalue weighted by Gasteiger charge is -2.18. The minimum Gasteiger partial charge on any atom is -0.480 e. The number of amides is 1. The highest BCUT2D eigenvalue weighted by atomic mass is 32.1. The summed E-state index contributed by atoms with van der Waals surface area (Å²) in [6.07, 6.45) is 0. The van der Waals surface area contributed by atoms with Crippen LogP contribution >= 0.6 is 11.3 Å². The number of carboxylic acid groups (broad SMARTS) is 1. The summed E-state index contributed by atoms with van der Waals surface area (Å²) in [6.45, 7) is 7.59. The Labute approximate surface area is 117 Å². The van der Waals surface area contributed by atoms with Gasteiger partial charge in [-0.25, -0.2) is 4.79 Å². The van der Waals surface area contributed by atoms with Crippen LogP contribution in [0.2, 0.25) is 0 Å². The maximum Gasteiger partial charge on any atom is 0.327 e. The molecule has 0 saturated carbocycles. The molecule has 0 aliphatic rings. The molecule has 1 aromatic rings. The van der Waals surface area contributed by atoms with Crippen LogP contribution in [-0.2, 0) is 9.59 Å². The monoisotopic (exact) mass is 284 g/mol. The standard InChI is InChI=1S/C13H20N2O3S/c1-7-5-11(9(3)19-7)8(2)14-6-12(13(17)18)15-10(4)16/h5,8,12,14H,6H2,1-4H3,(H,15,16)(H,17,18). The Hall–Kier alpha value is -1.40. The molecule has 0 radical (unpaired) electrons. The number of aliphatic carboxylic acids is 1. The van der Waals surface area contributed by atoms with Crippen LogP contribution in [0.25, 0.3) is 0 Å². The number of hydrogen-bond donors (Lipinski definition) is 3. The molecule has 2 unspecified atom stereocenters. The summed E-state index contributed by atoms with van der Waals surface area (Å²) in [7, 11) is 0. The lowest BCUT2D eigenvalue weighted by atomic mass is 10.1. The van der Waals surface area contributed by atoms with E-state index in [-0.39, 0.29) is 18.5 Å². The number of carboxylic acids is 1. The molecule has 106 valence electrons. The number of carbonyl (C=O) groups is 2. The molecule has 1 aromatic heterocycles. The van der Waals surface area contributed by atoms with Crippen LogP contribution in [0, 0.1) is 13.8 Å². The molecule has 0 aliphatic carbocycles. The van der Waals surface area contributed by atoms with Gasteiger partial charge in [0.05, 0.1) is 0 Å². The summed E-state index contributed by atoms with van der Waals surface area (Å²) in [5, 5.41) is 14.6. The first kappa shape index (κ1) is 15.7. The van der Waals surface area contributed by atoms with Gasteiger partial charge < -0.3 is 15.7 Å². The van der Waals surface area contributed by atoms with Crippen LogP contribution in [0.3, 0.4) is 0 Å². The molecule has 3 N–H and O–H groups in total. The molecular weight excluding hydrogens is 264 g/mol. The molecule has 1 amide bonds. The van der Waals surface area contributed by atoms with Crippen molar-refractivity contribution >= 4 is 23.2 Å². The number of carbonyl (C=O) groups excluding carboxylic acids is 1. The Bertz CT molecular complexity index is 470. The molecule has 0 aromatic carbocycles. The molecule has 1 rings (SSSR count). The Morgan fingerprint density at radius 3 is 2.47 bits per heavy atom. The molecular formula is C13H20N2O3S. The van der Waals surface area contributed by atoms with E-state index in [1.165, 1.54) is 22.2 Å². The van der Waals surface area contributed by atoms with Crippen molar-refractivity contribution in [3.63, 3.8) is 0 Å². The van der Waals surface area contributed by atoms with Crippen molar-refractivity contribution in [3.05, 3.63) is 21.4 Å². The van der Waals surface area contributed by atoms with Gasteiger partial charge in [0.15, 0.2) is 0 Å². The van der Waals surface area contributed by atoms with E-state index in [0.717, 1.165) is 0 Å². The van der Waals surface area contributed by atoms with Gasteiger partial charge >= 0.3 is 5.97 Å². The van der Waals surface area contributed by atoms with Crippen molar-refractivity contribution in [2.75, 3.05) is 6.54 Å². The second-order valence-corrected chi connectivity index (χ2v) is 6.05. The van der Waals surface area contributed by atoms with Gasteiger partial charge in [0.1, 0.15) is 6.04 Å². The maximum absolute atomic E-state index is 11.0. The predicted molar refractivity (Wildman–Crippen MR) is 75.5 cm³/mol. The average molecular weight is 284 g/mol. The second-order valence-electron chi connectivity index (χ2n) is 4.59. The number of thiophene rings is 1. The van der Waals surface area contributed by atoms with Crippen molar-refractivity contribution in [3.8, 4) is 0 Å². The fourth-order valence-corrected chi connectivity index (χ4v) is 2.95. The normalized spacial score (nSPS) is 13.9. The molecule has 5 nitrogen and oxygen atoms in total. The van der Waals surface area contributed by atoms with Crippen molar-refractivity contribution < 1.29 is 14.7 Å². The molecule has 0 saturated heterocycles. The molecule has 0 spiro atoms. The van der Waals surface area contributed by atoms with Gasteiger partial charge in [-0.15, -0.1) is 11.3 Å². The van der Waals surface area contributed by atoms with Gasteiger partial charge in [0.25, 0.3) is 0 Å². The summed E-state index contributed by atoms with van der Waals surface area (Å²) >= 11 is 1.72. The number of aryl methyl sites for hydroxylation is 2. The van der Waals surface area contributed by atoms with Crippen molar-refractivity contribution in [2.45, 2.75) is 39.8 Å². The topological polar surface area (TPSA) is 78.4 Å². The molecule has 19 heavy (non-hydrogen) atoms. The van der Waals surface area contributed by atoms with Gasteiger partial charge in [0.2, 0.25) is 5.91 Å². The lowest BCUT2D eigenvalue weighted by Crippen LogP contribution is -2.46. The van der Waals surface area contributed by atoms with Crippen LogP contribution in [0.4, 0.5) is 0 Å². The van der Waals surface area contributed by atoms with E-state index in [1.54, 1.807) is 11.3 Å². The van der Waals surface area contributed by atoms with Crippen LogP contribution in [-0.4, -0.2) is 29.6 Å². The van der Waals surface area contributed by atoms with Gasteiger partial charge in [0, 0.05) is 29.3 Å². The Morgan fingerprint density at radius 2 is 2.05 bits per heavy atom. The van der Waals surface area contributed by atoms with E-state index in [2.05, 4.69) is 16.7 Å². The van der Waals surface area contributed by atoms with Crippen LogP contribution < -0.4 is 10.6 Å². The number of nitrogens with one attached hydrogen (secondary N) is 2. The summed E-state index contributed by atoms with van der Waals surface area (Å²) in [5.41, 5.74) is 1.18. The Morgan fingerprint density at radius 1 is 1.42 bits per heavy atom. The third-order valence-corrected chi connectivity index (χ3v) is 3.83. The van der Waals surface area contributed by atoms with Crippen molar-refractivity contribution in [1.82, 2.24) is 10.6 Å². The Kier molecular flexibility index (Phi) is 5.50. The van der Waals surface area contributed by atoms with Crippen LogP contribution in [0.5, 0.6) is 0 Å². The zero-order valence-electron chi connectivity index (χ0n) is 11.6. The molecule has 0 aliphatic heterocycles. The summed E-state index contributed by atoms with van der Waals surface area (Å²) in [6, 6.07) is 1.26. The van der Waals surface area contributed by atoms with Gasteiger partial charge in [-0.3, -0.25) is 4.79 Å². The minimum atomic E-state index is -1.03. The first-order chi connectivity index (χ1) is 8.81. The molecule has 2 atom stereocenters. The zero-order chi connectivity index (χ0) is 14.6. The smallest absolute Gasteiger partial charge is 0.327 e. The highest BCUT2D eigenvalue weighted by Gasteiger charge is 2.20. The first-order valence-corrected chi connectivity index (χ1v) is 6.93. The second kappa shape index (κ2) is 6.68. The fourth-order valence-electron chi connectivity index (χ4n) is 1.93. The van der Waals surface area contributed by atoms with Crippen LogP contribution in [0.15, 0.2) is 6.07 Å². The van der Waals surface area contributed by atoms with E-state index >= 15 is 0 Å². The Balaban J connectivity index is 2.61. The molecule has 0 fully saturated rings. The maximum atomic E-state index is 11.0. The molecule has 6 heteroatoms. The SMILES string of the molecule is CC(=O)NC(CNC(C)c1cc(C)sc1C)C(=O)O. The third-order valence-electron chi connectivity index (χ3n) is 2.85. The van der Waals surface area contributed by atoms with Gasteiger partial charge in [-0.1, -0.05) is 0 Å². The van der Waals surface area contributed by atoms with Crippen LogP contribution in [0.1, 0.15) is 35.2 Å². The van der Waals surface area contributed by atoms with Gasteiger partial charge in [-0.05, 0) is 32.4 Å². The van der Waals surface area contributed by atoms with E-state index < -0.39 is 12.0 Å². The van der Waals surface area contributed by atoms with Crippen molar-refractivity contribution in [2.24, 2.45) is 0 Å². The highest BCUT2D eigenvalue weighted by molar-refractivity contribution is 7.12. The van der Waals surface area contributed by atoms with Gasteiger partial charge in [-0.2, -0.15) is 0 Å². The van der Waals surface area contributed by atoms with E-state index in [4.69, 9.17) is 5.11 Å². The number of hydrogen-bond acceptors (Lipinski definition) is 4.